The molecule has 7 rings (SSSR count). The average Bonchev–Trinajstić information content (AvgIpc) is 3.64. The Bertz CT molecular complexity index is 1860. The molecular formula is C39H36F3N3O4S. The summed E-state index contributed by atoms with van der Waals surface area (Å²) in [5.74, 6) is -3.47. The van der Waals surface area contributed by atoms with Crippen molar-refractivity contribution in [1.29, 1.82) is 0 Å². The standard InChI is InChI=1S/C39H36F3N3O4S/c40-31-20-30(21-32(41)35(31)42)33-22-45(44-43-33)36-37(47-24-28-14-6-2-7-15-28)34(26-46-23-27-12-4-1-5-13-27)49-39(18-10-11-19-50-39)38(36)48-25-29-16-8-3-9-17-29/h1-17,20-22,34,36-38H,18-19,23-26H2/t34-,36+,37+,38-,39-/m1/s1. The van der Waals surface area contributed by atoms with Crippen LogP contribution >= 0.6 is 11.8 Å². The highest BCUT2D eigenvalue weighted by molar-refractivity contribution is 8.00. The predicted octanol–water partition coefficient (Wildman–Crippen LogP) is 8.08. The number of rotatable bonds is 12. The van der Waals surface area contributed by atoms with Crippen molar-refractivity contribution in [3.05, 3.63) is 156 Å². The first-order valence-corrected chi connectivity index (χ1v) is 17.4. The lowest BCUT2D eigenvalue weighted by atomic mass is 9.89. The molecule has 0 aliphatic carbocycles. The lowest BCUT2D eigenvalue weighted by Gasteiger charge is -2.53. The quantitative estimate of drug-likeness (QED) is 0.0964. The normalized spacial score (nSPS) is 23.3. The van der Waals surface area contributed by atoms with Crippen LogP contribution in [0.4, 0.5) is 13.2 Å². The molecule has 0 bridgehead atoms. The second-order valence-corrected chi connectivity index (χ2v) is 13.6. The number of nitrogens with zero attached hydrogens (tertiary/aromatic N) is 3. The molecule has 0 saturated carbocycles. The van der Waals surface area contributed by atoms with E-state index in [9.17, 15) is 13.2 Å². The molecule has 50 heavy (non-hydrogen) atoms. The summed E-state index contributed by atoms with van der Waals surface area (Å²) in [5, 5.41) is 8.79. The van der Waals surface area contributed by atoms with Gasteiger partial charge in [0.1, 0.15) is 35.0 Å². The van der Waals surface area contributed by atoms with E-state index >= 15 is 0 Å². The third-order valence-corrected chi connectivity index (χ3v) is 10.2. The Morgan fingerprint density at radius 1 is 0.780 bits per heavy atom. The number of ether oxygens (including phenoxy) is 4. The lowest BCUT2D eigenvalue weighted by Crippen LogP contribution is -2.63. The molecule has 2 aliphatic heterocycles. The van der Waals surface area contributed by atoms with Gasteiger partial charge in [-0.25, -0.2) is 17.9 Å². The van der Waals surface area contributed by atoms with Crippen molar-refractivity contribution < 1.29 is 32.1 Å². The number of benzene rings is 4. The van der Waals surface area contributed by atoms with Crippen molar-refractivity contribution in [2.24, 2.45) is 0 Å². The first-order chi connectivity index (χ1) is 24.5. The van der Waals surface area contributed by atoms with Crippen LogP contribution < -0.4 is 0 Å². The van der Waals surface area contributed by atoms with Gasteiger partial charge in [0.25, 0.3) is 0 Å². The maximum absolute atomic E-state index is 14.3. The minimum Gasteiger partial charge on any atom is -0.374 e. The Labute approximate surface area is 293 Å². The van der Waals surface area contributed by atoms with E-state index in [2.05, 4.69) is 22.5 Å². The molecule has 0 N–H and O–H groups in total. The first kappa shape index (κ1) is 34.2. The van der Waals surface area contributed by atoms with Crippen molar-refractivity contribution in [3.63, 3.8) is 0 Å². The topological polar surface area (TPSA) is 67.6 Å². The molecule has 3 heterocycles. The molecule has 1 saturated heterocycles. The van der Waals surface area contributed by atoms with Gasteiger partial charge < -0.3 is 18.9 Å². The third-order valence-electron chi connectivity index (χ3n) is 8.84. The van der Waals surface area contributed by atoms with Crippen molar-refractivity contribution in [2.45, 2.75) is 55.5 Å². The van der Waals surface area contributed by atoms with E-state index in [1.807, 2.05) is 91.0 Å². The zero-order chi connectivity index (χ0) is 34.3. The summed E-state index contributed by atoms with van der Waals surface area (Å²) in [6.07, 6.45) is 4.47. The van der Waals surface area contributed by atoms with Crippen molar-refractivity contribution >= 4 is 11.8 Å². The SMILES string of the molecule is Fc1cc(-c2cn([C@H]3[C@@H](OCc4ccccc4)[C@@H](COCc4ccccc4)O[C@@]4(CC=CCS4)[C@@H]3OCc3ccccc3)nn2)cc(F)c1F. The Balaban J connectivity index is 1.29. The van der Waals surface area contributed by atoms with Gasteiger partial charge in [-0.3, -0.25) is 0 Å². The Morgan fingerprint density at radius 2 is 1.38 bits per heavy atom. The summed E-state index contributed by atoms with van der Waals surface area (Å²) in [4.78, 5) is -0.859. The smallest absolute Gasteiger partial charge is 0.194 e. The van der Waals surface area contributed by atoms with Gasteiger partial charge in [0.05, 0.1) is 32.6 Å². The van der Waals surface area contributed by atoms with Crippen LogP contribution in [0.15, 0.2) is 121 Å². The second kappa shape index (κ2) is 15.7. The van der Waals surface area contributed by atoms with Gasteiger partial charge in [-0.1, -0.05) is 108 Å². The minimum absolute atomic E-state index is 0.0515. The molecule has 0 amide bonds. The summed E-state index contributed by atoms with van der Waals surface area (Å²) in [6, 6.07) is 30.7. The van der Waals surface area contributed by atoms with Crippen LogP contribution in [0.3, 0.4) is 0 Å². The molecule has 0 unspecified atom stereocenters. The number of halogens is 3. The number of hydrogen-bond acceptors (Lipinski definition) is 7. The highest BCUT2D eigenvalue weighted by Crippen LogP contribution is 2.50. The van der Waals surface area contributed by atoms with Crippen LogP contribution in [0, 0.1) is 17.5 Å². The van der Waals surface area contributed by atoms with Crippen molar-refractivity contribution in [3.8, 4) is 11.3 Å². The van der Waals surface area contributed by atoms with Crippen LogP contribution in [0.1, 0.15) is 29.2 Å². The Kier molecular flexibility index (Phi) is 10.8. The number of aromatic nitrogens is 3. The van der Waals surface area contributed by atoms with Crippen molar-refractivity contribution in [1.82, 2.24) is 15.0 Å². The van der Waals surface area contributed by atoms with Gasteiger partial charge in [-0.05, 0) is 28.8 Å². The Hall–Kier alpha value is -4.26. The summed E-state index contributed by atoms with van der Waals surface area (Å²) >= 11 is 1.64. The molecule has 5 aromatic rings. The summed E-state index contributed by atoms with van der Waals surface area (Å²) in [6.45, 7) is 1.13. The maximum atomic E-state index is 14.3. The van der Waals surface area contributed by atoms with Crippen LogP contribution in [0.25, 0.3) is 11.3 Å². The highest BCUT2D eigenvalue weighted by Gasteiger charge is 2.57. The van der Waals surface area contributed by atoms with Crippen molar-refractivity contribution in [2.75, 3.05) is 12.4 Å². The lowest BCUT2D eigenvalue weighted by molar-refractivity contribution is -0.251. The fourth-order valence-corrected chi connectivity index (χ4v) is 7.68. The first-order valence-electron chi connectivity index (χ1n) is 16.5. The van der Waals surface area contributed by atoms with Crippen LogP contribution in [-0.2, 0) is 38.8 Å². The molecule has 0 radical (unpaired) electrons. The monoisotopic (exact) mass is 699 g/mol. The fraction of sp³-hybridized carbons (Fsp3) is 0.282. The van der Waals surface area contributed by atoms with E-state index in [4.69, 9.17) is 18.9 Å². The molecule has 5 atom stereocenters. The zero-order valence-corrected chi connectivity index (χ0v) is 27.9. The third kappa shape index (κ3) is 7.72. The van der Waals surface area contributed by atoms with Gasteiger partial charge in [0, 0.05) is 17.7 Å². The van der Waals surface area contributed by atoms with Gasteiger partial charge >= 0.3 is 0 Å². The molecule has 1 spiro atoms. The molecule has 7 nitrogen and oxygen atoms in total. The summed E-state index contributed by atoms with van der Waals surface area (Å²) < 4.78 is 71.1. The molecule has 1 aromatic heterocycles. The van der Waals surface area contributed by atoms with E-state index in [0.717, 1.165) is 28.8 Å². The Morgan fingerprint density at radius 3 is 1.98 bits per heavy atom. The zero-order valence-electron chi connectivity index (χ0n) is 27.1. The second-order valence-electron chi connectivity index (χ2n) is 12.3. The van der Waals surface area contributed by atoms with E-state index in [0.29, 0.717) is 18.8 Å². The minimum atomic E-state index is -1.54. The largest absolute Gasteiger partial charge is 0.374 e. The fourth-order valence-electron chi connectivity index (χ4n) is 6.39. The molecular weight excluding hydrogens is 664 g/mol. The van der Waals surface area contributed by atoms with Gasteiger partial charge in [-0.15, -0.1) is 16.9 Å². The van der Waals surface area contributed by atoms with Crippen LogP contribution in [0.5, 0.6) is 0 Å². The molecule has 1 fully saturated rings. The van der Waals surface area contributed by atoms with E-state index in [-0.39, 0.29) is 31.1 Å². The van der Waals surface area contributed by atoms with Gasteiger partial charge in [0.15, 0.2) is 17.5 Å². The van der Waals surface area contributed by atoms with Gasteiger partial charge in [0.2, 0.25) is 0 Å². The predicted molar refractivity (Wildman–Crippen MR) is 184 cm³/mol. The van der Waals surface area contributed by atoms with E-state index < -0.39 is 46.7 Å². The summed E-state index contributed by atoms with van der Waals surface area (Å²) in [7, 11) is 0. The number of hydrogen-bond donors (Lipinski definition) is 0. The van der Waals surface area contributed by atoms with Gasteiger partial charge in [-0.2, -0.15) is 0 Å². The molecule has 11 heteroatoms. The number of thioether (sulfide) groups is 1. The van der Waals surface area contributed by atoms with E-state index in [1.54, 1.807) is 22.6 Å². The molecule has 4 aromatic carbocycles. The highest BCUT2D eigenvalue weighted by atomic mass is 32.2. The molecule has 2 aliphatic rings. The van der Waals surface area contributed by atoms with Crippen LogP contribution in [-0.4, -0.2) is 50.6 Å². The van der Waals surface area contributed by atoms with E-state index in [1.165, 1.54) is 0 Å². The van der Waals surface area contributed by atoms with Crippen LogP contribution in [0.2, 0.25) is 0 Å². The average molecular weight is 700 g/mol. The summed E-state index contributed by atoms with van der Waals surface area (Å²) in [5.41, 5.74) is 3.18. The maximum Gasteiger partial charge on any atom is 0.194 e. The molecule has 258 valence electrons.